The van der Waals surface area contributed by atoms with E-state index in [1.807, 2.05) is 42.6 Å². The number of aromatic nitrogens is 1. The molecule has 4 rings (SSSR count). The van der Waals surface area contributed by atoms with E-state index in [9.17, 15) is 14.4 Å². The van der Waals surface area contributed by atoms with Crippen molar-refractivity contribution in [3.05, 3.63) is 71.1 Å². The van der Waals surface area contributed by atoms with Gasteiger partial charge in [-0.1, -0.05) is 43.2 Å². The van der Waals surface area contributed by atoms with E-state index in [-0.39, 0.29) is 43.1 Å². The number of rotatable bonds is 10. The summed E-state index contributed by atoms with van der Waals surface area (Å²) in [5.74, 6) is -0.249. The van der Waals surface area contributed by atoms with E-state index >= 15 is 0 Å². The zero-order valence-corrected chi connectivity index (χ0v) is 20.6. The smallest absolute Gasteiger partial charge is 0.247 e. The molecule has 2 aromatic heterocycles. The van der Waals surface area contributed by atoms with Gasteiger partial charge in [-0.3, -0.25) is 14.4 Å². The summed E-state index contributed by atoms with van der Waals surface area (Å²) in [5.41, 5.74) is 1.54. The first-order chi connectivity index (χ1) is 17.0. The molecule has 1 aliphatic rings. The van der Waals surface area contributed by atoms with Gasteiger partial charge in [-0.15, -0.1) is 11.3 Å². The molecular formula is C26H30N4O4S. The second kappa shape index (κ2) is 11.8. The van der Waals surface area contributed by atoms with Crippen molar-refractivity contribution in [1.82, 2.24) is 15.2 Å². The number of carbonyl (C=O) groups is 3. The standard InChI is InChI=1S/C26H30N4O4S/c1-18-17-35-26(27-18)29-22(31)13-14-23(32)30(16-21-12-7-15-34-21)24(19-8-3-2-4-9-19)25(33)28-20-10-5-6-11-20/h2-4,7-9,12,15,17,20,24H,5-6,10-11,13-14,16H2,1H3,(H,28,33)(H,27,29,31)/t24-/m0/s1. The summed E-state index contributed by atoms with van der Waals surface area (Å²) in [4.78, 5) is 45.2. The van der Waals surface area contributed by atoms with Crippen LogP contribution in [0.15, 0.2) is 58.5 Å². The van der Waals surface area contributed by atoms with Crippen LogP contribution >= 0.6 is 11.3 Å². The molecule has 2 heterocycles. The monoisotopic (exact) mass is 494 g/mol. The number of aryl methyl sites for hydroxylation is 1. The summed E-state index contributed by atoms with van der Waals surface area (Å²) < 4.78 is 5.51. The molecule has 1 atom stereocenters. The molecule has 0 spiro atoms. The van der Waals surface area contributed by atoms with Crippen molar-refractivity contribution in [2.45, 2.75) is 64.1 Å². The van der Waals surface area contributed by atoms with Gasteiger partial charge in [0.25, 0.3) is 0 Å². The van der Waals surface area contributed by atoms with E-state index in [1.165, 1.54) is 22.5 Å². The lowest BCUT2D eigenvalue weighted by atomic mass is 10.0. The van der Waals surface area contributed by atoms with E-state index in [0.29, 0.717) is 16.5 Å². The molecule has 1 saturated carbocycles. The first kappa shape index (κ1) is 24.7. The van der Waals surface area contributed by atoms with Gasteiger partial charge in [-0.25, -0.2) is 4.98 Å². The number of hydrogen-bond acceptors (Lipinski definition) is 6. The number of hydrogen-bond donors (Lipinski definition) is 2. The molecule has 0 unspecified atom stereocenters. The van der Waals surface area contributed by atoms with Crippen molar-refractivity contribution < 1.29 is 18.8 Å². The lowest BCUT2D eigenvalue weighted by molar-refractivity contribution is -0.142. The molecule has 1 aromatic carbocycles. The van der Waals surface area contributed by atoms with Crippen molar-refractivity contribution in [2.75, 3.05) is 5.32 Å². The molecule has 0 aliphatic heterocycles. The van der Waals surface area contributed by atoms with Crippen LogP contribution in [0.1, 0.15) is 61.6 Å². The number of anilines is 1. The number of nitrogens with zero attached hydrogens (tertiary/aromatic N) is 2. The highest BCUT2D eigenvalue weighted by molar-refractivity contribution is 7.13. The summed E-state index contributed by atoms with van der Waals surface area (Å²) in [6.45, 7) is 1.97. The fraction of sp³-hybridized carbons (Fsp3) is 0.385. The first-order valence-electron chi connectivity index (χ1n) is 11.9. The van der Waals surface area contributed by atoms with Gasteiger partial charge in [-0.2, -0.15) is 0 Å². The van der Waals surface area contributed by atoms with Crippen LogP contribution in [0.3, 0.4) is 0 Å². The molecular weight excluding hydrogens is 464 g/mol. The third-order valence-electron chi connectivity index (χ3n) is 6.03. The highest BCUT2D eigenvalue weighted by Gasteiger charge is 2.33. The number of furan rings is 1. The van der Waals surface area contributed by atoms with Crippen LogP contribution in [0.25, 0.3) is 0 Å². The summed E-state index contributed by atoms with van der Waals surface area (Å²) in [6.07, 6.45) is 5.53. The van der Waals surface area contributed by atoms with Gasteiger partial charge in [0, 0.05) is 24.3 Å². The van der Waals surface area contributed by atoms with Crippen molar-refractivity contribution in [3.63, 3.8) is 0 Å². The third-order valence-corrected chi connectivity index (χ3v) is 6.91. The Balaban J connectivity index is 1.53. The van der Waals surface area contributed by atoms with Crippen molar-refractivity contribution in [3.8, 4) is 0 Å². The quantitative estimate of drug-likeness (QED) is 0.429. The van der Waals surface area contributed by atoms with E-state index in [0.717, 1.165) is 31.4 Å². The molecule has 0 radical (unpaired) electrons. The molecule has 184 valence electrons. The SMILES string of the molecule is Cc1csc(NC(=O)CCC(=O)N(Cc2ccco2)[C@H](C(=O)NC2CCCC2)c2ccccc2)n1. The Labute approximate surface area is 208 Å². The van der Waals surface area contributed by atoms with Crippen LogP contribution in [0.5, 0.6) is 0 Å². The molecule has 2 N–H and O–H groups in total. The van der Waals surface area contributed by atoms with E-state index in [2.05, 4.69) is 15.6 Å². The maximum atomic E-state index is 13.5. The predicted molar refractivity (Wildman–Crippen MR) is 134 cm³/mol. The van der Waals surface area contributed by atoms with Crippen LogP contribution in [-0.4, -0.2) is 33.6 Å². The molecule has 8 nitrogen and oxygen atoms in total. The minimum Gasteiger partial charge on any atom is -0.467 e. The minimum absolute atomic E-state index is 0.0160. The third kappa shape index (κ3) is 6.79. The zero-order valence-electron chi connectivity index (χ0n) is 19.7. The molecule has 35 heavy (non-hydrogen) atoms. The Morgan fingerprint density at radius 2 is 1.89 bits per heavy atom. The molecule has 1 fully saturated rings. The molecule has 9 heteroatoms. The highest BCUT2D eigenvalue weighted by Crippen LogP contribution is 2.27. The Kier molecular flexibility index (Phi) is 8.31. The predicted octanol–water partition coefficient (Wildman–Crippen LogP) is 4.59. The Hall–Kier alpha value is -3.46. The Morgan fingerprint density at radius 3 is 2.54 bits per heavy atom. The lowest BCUT2D eigenvalue weighted by Gasteiger charge is -2.31. The largest absolute Gasteiger partial charge is 0.467 e. The molecule has 3 aromatic rings. The average molecular weight is 495 g/mol. The van der Waals surface area contributed by atoms with Crippen LogP contribution < -0.4 is 10.6 Å². The average Bonchev–Trinajstić information content (AvgIpc) is 3.62. The van der Waals surface area contributed by atoms with Crippen LogP contribution in [0.2, 0.25) is 0 Å². The van der Waals surface area contributed by atoms with Crippen molar-refractivity contribution >= 4 is 34.2 Å². The topological polar surface area (TPSA) is 105 Å². The van der Waals surface area contributed by atoms with Gasteiger partial charge >= 0.3 is 0 Å². The minimum atomic E-state index is -0.834. The van der Waals surface area contributed by atoms with Crippen molar-refractivity contribution in [2.24, 2.45) is 0 Å². The summed E-state index contributed by atoms with van der Waals surface area (Å²) in [5, 5.41) is 8.23. The van der Waals surface area contributed by atoms with Crippen molar-refractivity contribution in [1.29, 1.82) is 0 Å². The number of amides is 3. The van der Waals surface area contributed by atoms with Gasteiger partial charge in [0.1, 0.15) is 11.8 Å². The van der Waals surface area contributed by atoms with E-state index < -0.39 is 6.04 Å². The Bertz CT molecular complexity index is 1120. The molecule has 0 bridgehead atoms. The molecule has 1 aliphatic carbocycles. The number of nitrogens with one attached hydrogen (secondary N) is 2. The van der Waals surface area contributed by atoms with Gasteiger partial charge < -0.3 is 20.0 Å². The summed E-state index contributed by atoms with van der Waals surface area (Å²) in [7, 11) is 0. The van der Waals surface area contributed by atoms with Crippen LogP contribution in [0.4, 0.5) is 5.13 Å². The van der Waals surface area contributed by atoms with Crippen LogP contribution in [0, 0.1) is 6.92 Å². The molecule has 3 amide bonds. The van der Waals surface area contributed by atoms with Gasteiger partial charge in [0.05, 0.1) is 18.5 Å². The Morgan fingerprint density at radius 1 is 1.11 bits per heavy atom. The zero-order chi connectivity index (χ0) is 24.6. The first-order valence-corrected chi connectivity index (χ1v) is 12.8. The second-order valence-corrected chi connectivity index (χ2v) is 9.60. The molecule has 0 saturated heterocycles. The maximum Gasteiger partial charge on any atom is 0.247 e. The van der Waals surface area contributed by atoms with Gasteiger partial charge in [0.2, 0.25) is 17.7 Å². The number of carbonyl (C=O) groups excluding carboxylic acids is 3. The lowest BCUT2D eigenvalue weighted by Crippen LogP contribution is -2.46. The number of benzene rings is 1. The van der Waals surface area contributed by atoms with E-state index in [4.69, 9.17) is 4.42 Å². The highest BCUT2D eigenvalue weighted by atomic mass is 32.1. The maximum absolute atomic E-state index is 13.5. The van der Waals surface area contributed by atoms with Gasteiger partial charge in [-0.05, 0) is 37.5 Å². The normalized spacial score (nSPS) is 14.4. The summed E-state index contributed by atoms with van der Waals surface area (Å²) >= 11 is 1.34. The summed E-state index contributed by atoms with van der Waals surface area (Å²) in [6, 6.07) is 12.1. The number of thiazole rings is 1. The van der Waals surface area contributed by atoms with Gasteiger partial charge in [0.15, 0.2) is 5.13 Å². The van der Waals surface area contributed by atoms with Crippen LogP contribution in [-0.2, 0) is 20.9 Å². The second-order valence-electron chi connectivity index (χ2n) is 8.75. The fourth-order valence-electron chi connectivity index (χ4n) is 4.31. The van der Waals surface area contributed by atoms with E-state index in [1.54, 1.807) is 12.1 Å². The fourth-order valence-corrected chi connectivity index (χ4v) is 5.01.